The van der Waals surface area contributed by atoms with E-state index >= 15 is 0 Å². The Kier molecular flexibility index (Phi) is 4.48. The predicted octanol–water partition coefficient (Wildman–Crippen LogP) is 4.72. The molecule has 0 N–H and O–H groups in total. The van der Waals surface area contributed by atoms with Crippen LogP contribution in [0.15, 0.2) is 12.1 Å². The highest BCUT2D eigenvalue weighted by molar-refractivity contribution is 14.1. The highest BCUT2D eigenvalue weighted by Crippen LogP contribution is 2.30. The first kappa shape index (κ1) is 11.8. The summed E-state index contributed by atoms with van der Waals surface area (Å²) in [4.78, 5) is 0. The maximum atomic E-state index is 2.46. The maximum absolute atomic E-state index is 2.46. The lowest BCUT2D eigenvalue weighted by Gasteiger charge is -2.15. The monoisotopic (exact) mass is 400 g/mol. The third-order valence-electron chi connectivity index (χ3n) is 2.42. The summed E-state index contributed by atoms with van der Waals surface area (Å²) in [7, 11) is 0. The molecule has 72 valence electrons. The third kappa shape index (κ3) is 2.58. The molecular formula is C11H14I2. The van der Waals surface area contributed by atoms with Crippen LogP contribution < -0.4 is 0 Å². The summed E-state index contributed by atoms with van der Waals surface area (Å²) in [6.07, 6.45) is 1.22. The van der Waals surface area contributed by atoms with Gasteiger partial charge in [-0.25, -0.2) is 0 Å². The van der Waals surface area contributed by atoms with Crippen molar-refractivity contribution in [1.29, 1.82) is 0 Å². The molecule has 1 aromatic rings. The van der Waals surface area contributed by atoms with Gasteiger partial charge >= 0.3 is 0 Å². The van der Waals surface area contributed by atoms with Crippen LogP contribution in [0, 0.1) is 14.1 Å². The van der Waals surface area contributed by atoms with Crippen molar-refractivity contribution in [3.8, 4) is 0 Å². The normalized spacial score (nSPS) is 13.0. The highest BCUT2D eigenvalue weighted by Gasteiger charge is 2.12. The summed E-state index contributed by atoms with van der Waals surface area (Å²) < 4.78 is 2.85. The lowest BCUT2D eigenvalue weighted by molar-refractivity contribution is 0.724. The Morgan fingerprint density at radius 3 is 2.46 bits per heavy atom. The van der Waals surface area contributed by atoms with Gasteiger partial charge in [-0.05, 0) is 81.6 Å². The van der Waals surface area contributed by atoms with E-state index in [4.69, 9.17) is 0 Å². The molecule has 1 unspecified atom stereocenters. The fourth-order valence-electron chi connectivity index (χ4n) is 1.33. The van der Waals surface area contributed by atoms with Crippen LogP contribution in [0.25, 0.3) is 0 Å². The van der Waals surface area contributed by atoms with Crippen molar-refractivity contribution < 1.29 is 0 Å². The first-order valence-electron chi connectivity index (χ1n) is 4.52. The van der Waals surface area contributed by atoms with Gasteiger partial charge in [0.15, 0.2) is 0 Å². The van der Waals surface area contributed by atoms with Crippen molar-refractivity contribution in [3.63, 3.8) is 0 Å². The lowest BCUT2D eigenvalue weighted by Crippen LogP contribution is -2.00. The molecule has 2 heteroatoms. The van der Waals surface area contributed by atoms with Crippen LogP contribution in [0.5, 0.6) is 0 Å². The van der Waals surface area contributed by atoms with Crippen LogP contribution in [0.4, 0.5) is 0 Å². The van der Waals surface area contributed by atoms with Crippen molar-refractivity contribution in [2.75, 3.05) is 0 Å². The molecular weight excluding hydrogens is 386 g/mol. The fraction of sp³-hybridized carbons (Fsp3) is 0.455. The molecule has 1 rings (SSSR count). The molecule has 0 bridgehead atoms. The largest absolute Gasteiger partial charge is 0.0648 e. The zero-order valence-corrected chi connectivity index (χ0v) is 12.5. The van der Waals surface area contributed by atoms with E-state index in [1.807, 2.05) is 0 Å². The number of benzene rings is 1. The van der Waals surface area contributed by atoms with Crippen LogP contribution in [-0.4, -0.2) is 0 Å². The molecule has 0 spiro atoms. The zero-order valence-electron chi connectivity index (χ0n) is 8.20. The van der Waals surface area contributed by atoms with E-state index in [2.05, 4.69) is 78.1 Å². The second-order valence-corrected chi connectivity index (χ2v) is 5.64. The average Bonchev–Trinajstić information content (AvgIpc) is 2.12. The summed E-state index contributed by atoms with van der Waals surface area (Å²) >= 11 is 4.90. The Morgan fingerprint density at radius 2 is 1.92 bits per heavy atom. The predicted molar refractivity (Wildman–Crippen MR) is 75.3 cm³/mol. The Hall–Kier alpha value is 0.680. The molecule has 13 heavy (non-hydrogen) atoms. The third-order valence-corrected chi connectivity index (χ3v) is 4.80. The Balaban J connectivity index is 3.25. The zero-order chi connectivity index (χ0) is 10.0. The van der Waals surface area contributed by atoms with Gasteiger partial charge in [0.05, 0.1) is 0 Å². The molecule has 0 aromatic heterocycles. The second-order valence-electron chi connectivity index (χ2n) is 3.40. The molecule has 0 amide bonds. The molecule has 0 nitrogen and oxygen atoms in total. The maximum Gasteiger partial charge on any atom is 0.0204 e. The highest BCUT2D eigenvalue weighted by atomic mass is 127. The number of halogens is 2. The van der Waals surface area contributed by atoms with Crippen molar-refractivity contribution in [1.82, 2.24) is 0 Å². The Morgan fingerprint density at radius 1 is 1.31 bits per heavy atom. The summed E-state index contributed by atoms with van der Waals surface area (Å²) in [6.45, 7) is 6.74. The SMILES string of the molecule is CCC(C)c1c(I)ccc(C)c1I. The van der Waals surface area contributed by atoms with E-state index in [1.165, 1.54) is 24.7 Å². The minimum atomic E-state index is 0.679. The first-order valence-corrected chi connectivity index (χ1v) is 6.68. The smallest absolute Gasteiger partial charge is 0.0204 e. The van der Waals surface area contributed by atoms with E-state index in [0.717, 1.165) is 0 Å². The van der Waals surface area contributed by atoms with Crippen LogP contribution in [0.2, 0.25) is 0 Å². The van der Waals surface area contributed by atoms with Crippen molar-refractivity contribution in [3.05, 3.63) is 30.4 Å². The van der Waals surface area contributed by atoms with Gasteiger partial charge in [0, 0.05) is 7.14 Å². The number of aryl methyl sites for hydroxylation is 1. The standard InChI is InChI=1S/C11H14I2/c1-4-7(2)10-9(12)6-5-8(3)11(10)13/h5-7H,4H2,1-3H3. The van der Waals surface area contributed by atoms with Crippen LogP contribution in [-0.2, 0) is 0 Å². The van der Waals surface area contributed by atoms with E-state index in [1.54, 1.807) is 0 Å². The quantitative estimate of drug-likeness (QED) is 0.631. The summed E-state index contributed by atoms with van der Waals surface area (Å²) in [5.74, 6) is 0.679. The molecule has 0 aliphatic carbocycles. The number of hydrogen-bond acceptors (Lipinski definition) is 0. The van der Waals surface area contributed by atoms with Crippen molar-refractivity contribution >= 4 is 45.2 Å². The molecule has 1 atom stereocenters. The topological polar surface area (TPSA) is 0 Å². The Bertz CT molecular complexity index is 305. The van der Waals surface area contributed by atoms with Gasteiger partial charge in [-0.1, -0.05) is 19.9 Å². The molecule has 0 radical (unpaired) electrons. The number of hydrogen-bond donors (Lipinski definition) is 0. The van der Waals surface area contributed by atoms with E-state index in [9.17, 15) is 0 Å². The number of rotatable bonds is 2. The summed E-state index contributed by atoms with van der Waals surface area (Å²) in [6, 6.07) is 4.43. The molecule has 0 aliphatic rings. The van der Waals surface area contributed by atoms with Crippen LogP contribution >= 0.6 is 45.2 Å². The Labute approximate surface area is 108 Å². The van der Waals surface area contributed by atoms with Gasteiger partial charge in [0.25, 0.3) is 0 Å². The molecule has 0 saturated heterocycles. The average molecular weight is 400 g/mol. The lowest BCUT2D eigenvalue weighted by atomic mass is 9.97. The van der Waals surface area contributed by atoms with E-state index < -0.39 is 0 Å². The van der Waals surface area contributed by atoms with E-state index in [-0.39, 0.29) is 0 Å². The van der Waals surface area contributed by atoms with Crippen LogP contribution in [0.3, 0.4) is 0 Å². The molecule has 0 heterocycles. The fourth-order valence-corrected chi connectivity index (χ4v) is 3.83. The molecule has 0 aliphatic heterocycles. The van der Waals surface area contributed by atoms with Crippen LogP contribution in [0.1, 0.15) is 37.3 Å². The van der Waals surface area contributed by atoms with E-state index in [0.29, 0.717) is 5.92 Å². The first-order chi connectivity index (χ1) is 6.07. The summed E-state index contributed by atoms with van der Waals surface area (Å²) in [5, 5.41) is 0. The van der Waals surface area contributed by atoms with Gasteiger partial charge in [0.2, 0.25) is 0 Å². The minimum absolute atomic E-state index is 0.679. The second kappa shape index (κ2) is 4.96. The van der Waals surface area contributed by atoms with Gasteiger partial charge in [-0.2, -0.15) is 0 Å². The van der Waals surface area contributed by atoms with Gasteiger partial charge < -0.3 is 0 Å². The van der Waals surface area contributed by atoms with Gasteiger partial charge in [0.1, 0.15) is 0 Å². The van der Waals surface area contributed by atoms with Crippen molar-refractivity contribution in [2.45, 2.75) is 33.1 Å². The van der Waals surface area contributed by atoms with Crippen molar-refractivity contribution in [2.24, 2.45) is 0 Å². The molecule has 1 aromatic carbocycles. The molecule has 0 fully saturated rings. The van der Waals surface area contributed by atoms with Gasteiger partial charge in [-0.15, -0.1) is 0 Å². The summed E-state index contributed by atoms with van der Waals surface area (Å²) in [5.41, 5.74) is 2.93. The van der Waals surface area contributed by atoms with Gasteiger partial charge in [-0.3, -0.25) is 0 Å². The minimum Gasteiger partial charge on any atom is -0.0648 e. The molecule has 0 saturated carbocycles.